The second-order valence-corrected chi connectivity index (χ2v) is 8.53. The Kier molecular flexibility index (Phi) is 6.47. The zero-order chi connectivity index (χ0) is 20.9. The molecule has 1 aliphatic heterocycles. The van der Waals surface area contributed by atoms with Gasteiger partial charge in [-0.3, -0.25) is 14.5 Å². The van der Waals surface area contributed by atoms with Gasteiger partial charge in [-0.25, -0.2) is 0 Å². The number of carbonyl (C=O) groups excluding carboxylic acids is 2. The maximum absolute atomic E-state index is 12.6. The van der Waals surface area contributed by atoms with Gasteiger partial charge in [0, 0.05) is 60.8 Å². The zero-order valence-electron chi connectivity index (χ0n) is 17.0. The lowest BCUT2D eigenvalue weighted by molar-refractivity contribution is -0.119. The van der Waals surface area contributed by atoms with Crippen LogP contribution in [0, 0.1) is 0 Å². The molecule has 0 spiro atoms. The second kappa shape index (κ2) is 9.42. The molecule has 1 saturated heterocycles. The molecule has 2 aromatic heterocycles. The fourth-order valence-electron chi connectivity index (χ4n) is 3.55. The number of thiophene rings is 1. The number of nitrogens with one attached hydrogen (secondary N) is 2. The van der Waals surface area contributed by atoms with Crippen molar-refractivity contribution >= 4 is 39.7 Å². The van der Waals surface area contributed by atoms with E-state index in [1.54, 1.807) is 6.07 Å². The Morgan fingerprint density at radius 3 is 2.73 bits per heavy atom. The lowest BCUT2D eigenvalue weighted by Gasteiger charge is -2.26. The highest BCUT2D eigenvalue weighted by molar-refractivity contribution is 7.14. The van der Waals surface area contributed by atoms with Gasteiger partial charge in [0.25, 0.3) is 5.91 Å². The molecular formula is C22H26N4O3S. The fourth-order valence-corrected chi connectivity index (χ4v) is 4.39. The van der Waals surface area contributed by atoms with Gasteiger partial charge >= 0.3 is 0 Å². The van der Waals surface area contributed by atoms with E-state index in [0.29, 0.717) is 11.4 Å². The van der Waals surface area contributed by atoms with Crippen molar-refractivity contribution in [2.45, 2.75) is 20.0 Å². The molecule has 158 valence electrons. The summed E-state index contributed by atoms with van der Waals surface area (Å²) in [5.41, 5.74) is 1.94. The average Bonchev–Trinajstić information content (AvgIpc) is 3.38. The van der Waals surface area contributed by atoms with E-state index in [2.05, 4.69) is 38.4 Å². The summed E-state index contributed by atoms with van der Waals surface area (Å²) in [6.07, 6.45) is 2.10. The summed E-state index contributed by atoms with van der Waals surface area (Å²) in [6, 6.07) is 11.7. The van der Waals surface area contributed by atoms with Gasteiger partial charge in [0.15, 0.2) is 0 Å². The van der Waals surface area contributed by atoms with E-state index >= 15 is 0 Å². The van der Waals surface area contributed by atoms with Crippen molar-refractivity contribution in [3.8, 4) is 0 Å². The van der Waals surface area contributed by atoms with Crippen LogP contribution in [0.1, 0.15) is 21.5 Å². The number of morpholine rings is 1. The van der Waals surface area contributed by atoms with Crippen molar-refractivity contribution < 1.29 is 14.3 Å². The van der Waals surface area contributed by atoms with Gasteiger partial charge in [0.2, 0.25) is 5.91 Å². The molecule has 4 rings (SSSR count). The largest absolute Gasteiger partial charge is 0.379 e. The maximum Gasteiger partial charge on any atom is 0.265 e. The normalized spacial score (nSPS) is 14.7. The molecule has 2 N–H and O–H groups in total. The van der Waals surface area contributed by atoms with E-state index in [4.69, 9.17) is 4.74 Å². The number of anilines is 1. The highest BCUT2D eigenvalue weighted by Crippen LogP contribution is 2.23. The van der Waals surface area contributed by atoms with Crippen molar-refractivity contribution in [3.63, 3.8) is 0 Å². The molecule has 0 unspecified atom stereocenters. The van der Waals surface area contributed by atoms with E-state index in [-0.39, 0.29) is 11.8 Å². The highest BCUT2D eigenvalue weighted by atomic mass is 32.1. The van der Waals surface area contributed by atoms with Crippen molar-refractivity contribution in [2.24, 2.45) is 0 Å². The molecule has 0 atom stereocenters. The Bertz CT molecular complexity index is 1040. The smallest absolute Gasteiger partial charge is 0.265 e. The number of fused-ring (bicyclic) bond motifs is 1. The number of hydrogen-bond acceptors (Lipinski definition) is 5. The van der Waals surface area contributed by atoms with Crippen LogP contribution in [-0.4, -0.2) is 54.1 Å². The van der Waals surface area contributed by atoms with Crippen molar-refractivity contribution in [1.82, 2.24) is 14.8 Å². The molecule has 1 aromatic carbocycles. The van der Waals surface area contributed by atoms with Gasteiger partial charge in [-0.2, -0.15) is 0 Å². The minimum absolute atomic E-state index is 0.0837. The van der Waals surface area contributed by atoms with Crippen LogP contribution in [0.3, 0.4) is 0 Å². The van der Waals surface area contributed by atoms with Crippen LogP contribution in [0.4, 0.5) is 5.69 Å². The van der Waals surface area contributed by atoms with Crippen molar-refractivity contribution in [2.75, 3.05) is 38.2 Å². The predicted molar refractivity (Wildman–Crippen MR) is 119 cm³/mol. The molecule has 2 amide bonds. The molecule has 0 radical (unpaired) electrons. The van der Waals surface area contributed by atoms with Crippen LogP contribution >= 0.6 is 11.3 Å². The van der Waals surface area contributed by atoms with Crippen molar-refractivity contribution in [3.05, 3.63) is 52.3 Å². The number of benzene rings is 1. The number of carbonyl (C=O) groups is 2. The number of ether oxygens (including phenoxy) is 1. The molecule has 8 heteroatoms. The van der Waals surface area contributed by atoms with E-state index in [1.165, 1.54) is 18.3 Å². The van der Waals surface area contributed by atoms with E-state index in [1.807, 2.05) is 18.2 Å². The number of nitrogens with zero attached hydrogens (tertiary/aromatic N) is 2. The third kappa shape index (κ3) is 5.08. The molecule has 0 bridgehead atoms. The van der Waals surface area contributed by atoms with Gasteiger partial charge in [-0.15, -0.1) is 11.3 Å². The molecule has 0 aliphatic carbocycles. The summed E-state index contributed by atoms with van der Waals surface area (Å²) in [7, 11) is 0. The molecule has 30 heavy (non-hydrogen) atoms. The Morgan fingerprint density at radius 2 is 1.93 bits per heavy atom. The summed E-state index contributed by atoms with van der Waals surface area (Å²) in [4.78, 5) is 27.6. The lowest BCUT2D eigenvalue weighted by Crippen LogP contribution is -2.38. The summed E-state index contributed by atoms with van der Waals surface area (Å²) in [6.45, 7) is 7.47. The second-order valence-electron chi connectivity index (χ2n) is 7.37. The van der Waals surface area contributed by atoms with Crippen molar-refractivity contribution in [1.29, 1.82) is 0 Å². The first kappa shape index (κ1) is 20.6. The fraction of sp³-hybridized carbons (Fsp3) is 0.364. The summed E-state index contributed by atoms with van der Waals surface area (Å²) in [5, 5.41) is 6.82. The Labute approximate surface area is 179 Å². The van der Waals surface area contributed by atoms with E-state index in [9.17, 15) is 9.59 Å². The number of hydrogen-bond donors (Lipinski definition) is 2. The SMILES string of the molecule is CC(=O)NCc1ccc(C(=O)Nc2ccc3c(ccn3CCN3CCOCC3)c2)s1. The zero-order valence-corrected chi connectivity index (χ0v) is 17.8. The first-order valence-electron chi connectivity index (χ1n) is 10.1. The van der Waals surface area contributed by atoms with Crippen LogP contribution in [0.15, 0.2) is 42.6 Å². The Hall–Kier alpha value is -2.68. The minimum Gasteiger partial charge on any atom is -0.379 e. The van der Waals surface area contributed by atoms with Crippen LogP contribution in [0.5, 0.6) is 0 Å². The van der Waals surface area contributed by atoms with Crippen LogP contribution in [0.2, 0.25) is 0 Å². The maximum atomic E-state index is 12.6. The molecule has 3 heterocycles. The number of amides is 2. The third-order valence-electron chi connectivity index (χ3n) is 5.19. The van der Waals surface area contributed by atoms with E-state index in [0.717, 1.165) is 60.9 Å². The molecule has 3 aromatic rings. The molecular weight excluding hydrogens is 400 g/mol. The number of aromatic nitrogens is 1. The van der Waals surface area contributed by atoms with Gasteiger partial charge in [0.05, 0.1) is 24.6 Å². The predicted octanol–water partition coefficient (Wildman–Crippen LogP) is 2.92. The quantitative estimate of drug-likeness (QED) is 0.609. The standard InChI is InChI=1S/C22H26N4O3S/c1-16(27)23-15-19-3-5-21(30-19)22(28)24-18-2-4-20-17(14-18)6-7-26(20)9-8-25-10-12-29-13-11-25/h2-7,14H,8-13,15H2,1H3,(H,23,27)(H,24,28). The van der Waals surface area contributed by atoms with Gasteiger partial charge < -0.3 is 19.9 Å². The summed E-state index contributed by atoms with van der Waals surface area (Å²) < 4.78 is 7.66. The first-order valence-corrected chi connectivity index (χ1v) is 10.9. The van der Waals surface area contributed by atoms with Crippen LogP contribution < -0.4 is 10.6 Å². The first-order chi connectivity index (χ1) is 14.6. The number of rotatable bonds is 7. The highest BCUT2D eigenvalue weighted by Gasteiger charge is 2.12. The van der Waals surface area contributed by atoms with E-state index < -0.39 is 0 Å². The molecule has 7 nitrogen and oxygen atoms in total. The summed E-state index contributed by atoms with van der Waals surface area (Å²) >= 11 is 1.39. The lowest BCUT2D eigenvalue weighted by atomic mass is 10.2. The van der Waals surface area contributed by atoms with Gasteiger partial charge in [-0.05, 0) is 36.4 Å². The topological polar surface area (TPSA) is 75.6 Å². The van der Waals surface area contributed by atoms with Gasteiger partial charge in [-0.1, -0.05) is 0 Å². The molecule has 1 aliphatic rings. The van der Waals surface area contributed by atoms with Crippen LogP contribution in [0.25, 0.3) is 10.9 Å². The van der Waals surface area contributed by atoms with Gasteiger partial charge in [0.1, 0.15) is 0 Å². The Morgan fingerprint density at radius 1 is 1.10 bits per heavy atom. The molecule has 0 saturated carbocycles. The minimum atomic E-state index is -0.139. The average molecular weight is 427 g/mol. The Balaban J connectivity index is 1.37. The van der Waals surface area contributed by atoms with Crippen LogP contribution in [-0.2, 0) is 22.6 Å². The molecule has 1 fully saturated rings. The third-order valence-corrected chi connectivity index (χ3v) is 6.27. The summed E-state index contributed by atoms with van der Waals surface area (Å²) in [5.74, 6) is -0.222. The monoisotopic (exact) mass is 426 g/mol.